The molecule has 2 aromatic carbocycles. The van der Waals surface area contributed by atoms with Crippen molar-refractivity contribution >= 4 is 0 Å². The number of aliphatic hydroxyl groups is 1. The Balaban J connectivity index is 1.22. The lowest BCUT2D eigenvalue weighted by Gasteiger charge is -2.38. The van der Waals surface area contributed by atoms with Crippen LogP contribution in [0.4, 0.5) is 26.3 Å². The van der Waals surface area contributed by atoms with Crippen molar-refractivity contribution < 1.29 is 36.2 Å². The van der Waals surface area contributed by atoms with Crippen molar-refractivity contribution in [2.24, 2.45) is 0 Å². The Morgan fingerprint density at radius 2 is 1.42 bits per heavy atom. The van der Waals surface area contributed by atoms with Gasteiger partial charge in [0.15, 0.2) is 0 Å². The molecular formula is C28H26F6N2O2. The van der Waals surface area contributed by atoms with E-state index in [9.17, 15) is 31.4 Å². The molecule has 38 heavy (non-hydrogen) atoms. The molecule has 0 radical (unpaired) electrons. The first kappa shape index (κ1) is 26.5. The van der Waals surface area contributed by atoms with Gasteiger partial charge in [-0.1, -0.05) is 48.5 Å². The van der Waals surface area contributed by atoms with Gasteiger partial charge in [0.25, 0.3) is 5.60 Å². The highest BCUT2D eigenvalue weighted by atomic mass is 19.4. The molecule has 1 saturated heterocycles. The maximum absolute atomic E-state index is 13.1. The molecule has 3 heterocycles. The molecule has 0 amide bonds. The largest absolute Gasteiger partial charge is 0.485 e. The third kappa shape index (κ3) is 4.64. The van der Waals surface area contributed by atoms with Crippen molar-refractivity contribution in [3.63, 3.8) is 0 Å². The second-order valence-electron chi connectivity index (χ2n) is 10.1. The topological polar surface area (TPSA) is 45.6 Å². The number of pyridine rings is 1. The van der Waals surface area contributed by atoms with Crippen LogP contribution in [0, 0.1) is 6.92 Å². The maximum Gasteiger partial charge on any atom is 0.430 e. The minimum atomic E-state index is -5.91. The van der Waals surface area contributed by atoms with Crippen LogP contribution >= 0.6 is 0 Å². The molecule has 0 saturated carbocycles. The third-order valence-corrected chi connectivity index (χ3v) is 7.58. The molecule has 0 unspecified atom stereocenters. The van der Waals surface area contributed by atoms with E-state index in [1.165, 1.54) is 5.56 Å². The normalized spacial score (nSPS) is 17.9. The van der Waals surface area contributed by atoms with E-state index in [1.807, 2.05) is 31.3 Å². The fourth-order valence-corrected chi connectivity index (χ4v) is 5.33. The van der Waals surface area contributed by atoms with E-state index in [-0.39, 0.29) is 5.60 Å². The molecule has 2 aliphatic rings. The number of ether oxygens (including phenoxy) is 1. The number of rotatable bonds is 4. The summed E-state index contributed by atoms with van der Waals surface area (Å²) in [6.45, 7) is 4.40. The highest BCUT2D eigenvalue weighted by Gasteiger charge is 2.71. The van der Waals surface area contributed by atoms with Crippen LogP contribution in [0.1, 0.15) is 35.2 Å². The Kier molecular flexibility index (Phi) is 6.46. The number of benzene rings is 2. The molecule has 1 N–H and O–H groups in total. The molecule has 4 nitrogen and oxygen atoms in total. The van der Waals surface area contributed by atoms with Gasteiger partial charge in [-0.25, -0.2) is 0 Å². The summed E-state index contributed by atoms with van der Waals surface area (Å²) in [4.78, 5) is 6.66. The van der Waals surface area contributed by atoms with Gasteiger partial charge >= 0.3 is 12.4 Å². The number of aryl methyl sites for hydroxylation is 1. The summed E-state index contributed by atoms with van der Waals surface area (Å²) < 4.78 is 85.1. The summed E-state index contributed by atoms with van der Waals surface area (Å²) in [6, 6.07) is 13.0. The van der Waals surface area contributed by atoms with Gasteiger partial charge in [0.2, 0.25) is 0 Å². The number of aromatic nitrogens is 1. The SMILES string of the molecule is Cc1nccc2c1OC1(CCN(Cc3ccc(-c4ccc(C(O)(C(F)(F)F)C(F)(F)F)cc4)cc3)CC1)C2. The minimum absolute atomic E-state index is 0.187. The van der Waals surface area contributed by atoms with Crippen LogP contribution in [0.5, 0.6) is 5.75 Å². The molecule has 3 aromatic rings. The van der Waals surface area contributed by atoms with Gasteiger partial charge in [0.05, 0.1) is 5.69 Å². The molecule has 10 heteroatoms. The van der Waals surface area contributed by atoms with E-state index < -0.39 is 23.5 Å². The zero-order valence-electron chi connectivity index (χ0n) is 20.5. The van der Waals surface area contributed by atoms with Crippen molar-refractivity contribution in [2.45, 2.75) is 56.3 Å². The minimum Gasteiger partial charge on any atom is -0.485 e. The quantitative estimate of drug-likeness (QED) is 0.396. The standard InChI is InChI=1S/C28H26F6N2O2/c1-18-24-22(10-13-35-18)16-25(38-24)11-14-36(15-12-25)17-19-2-4-20(5-3-19)21-6-8-23(9-7-21)26(37,27(29,30)31)28(32,33)34/h2-10,13,37H,11-12,14-17H2,1H3. The molecule has 0 bridgehead atoms. The van der Waals surface area contributed by atoms with Crippen LogP contribution in [-0.2, 0) is 18.6 Å². The van der Waals surface area contributed by atoms with E-state index in [0.717, 1.165) is 61.5 Å². The summed E-state index contributed by atoms with van der Waals surface area (Å²) in [7, 11) is 0. The zero-order valence-corrected chi connectivity index (χ0v) is 20.5. The van der Waals surface area contributed by atoms with Gasteiger partial charge in [0.1, 0.15) is 11.4 Å². The van der Waals surface area contributed by atoms with Crippen molar-refractivity contribution in [1.29, 1.82) is 0 Å². The average molecular weight is 537 g/mol. The Labute approximate surface area is 215 Å². The van der Waals surface area contributed by atoms with E-state index in [0.29, 0.717) is 29.8 Å². The number of hydrogen-bond donors (Lipinski definition) is 1. The predicted molar refractivity (Wildman–Crippen MR) is 128 cm³/mol. The monoisotopic (exact) mass is 536 g/mol. The smallest absolute Gasteiger partial charge is 0.430 e. The number of likely N-dealkylation sites (tertiary alicyclic amines) is 1. The summed E-state index contributed by atoms with van der Waals surface area (Å²) >= 11 is 0. The third-order valence-electron chi connectivity index (χ3n) is 7.58. The molecule has 1 spiro atoms. The Bertz CT molecular complexity index is 1280. The number of piperidine rings is 1. The predicted octanol–water partition coefficient (Wildman–Crippen LogP) is 6.34. The molecule has 202 valence electrons. The molecule has 0 aliphatic carbocycles. The van der Waals surface area contributed by atoms with E-state index in [2.05, 4.69) is 9.88 Å². The van der Waals surface area contributed by atoms with Gasteiger partial charge in [-0.15, -0.1) is 0 Å². The molecular weight excluding hydrogens is 510 g/mol. The van der Waals surface area contributed by atoms with Crippen LogP contribution in [0.2, 0.25) is 0 Å². The van der Waals surface area contributed by atoms with Crippen LogP contribution < -0.4 is 4.74 Å². The van der Waals surface area contributed by atoms with E-state index in [4.69, 9.17) is 4.74 Å². The summed E-state index contributed by atoms with van der Waals surface area (Å²) in [5, 5.41) is 9.57. The zero-order chi connectivity index (χ0) is 27.3. The summed E-state index contributed by atoms with van der Waals surface area (Å²) in [5.41, 5.74) is -2.16. The van der Waals surface area contributed by atoms with E-state index in [1.54, 1.807) is 12.1 Å². The van der Waals surface area contributed by atoms with Crippen molar-refractivity contribution in [3.05, 3.63) is 83.2 Å². The van der Waals surface area contributed by atoms with Crippen molar-refractivity contribution in [3.8, 4) is 16.9 Å². The second-order valence-corrected chi connectivity index (χ2v) is 10.1. The molecule has 5 rings (SSSR count). The van der Waals surface area contributed by atoms with Crippen LogP contribution in [-0.4, -0.2) is 46.0 Å². The van der Waals surface area contributed by atoms with Gasteiger partial charge in [0, 0.05) is 56.2 Å². The van der Waals surface area contributed by atoms with Gasteiger partial charge < -0.3 is 9.84 Å². The lowest BCUT2D eigenvalue weighted by atomic mass is 9.87. The van der Waals surface area contributed by atoms with E-state index >= 15 is 0 Å². The molecule has 0 atom stereocenters. The van der Waals surface area contributed by atoms with Crippen LogP contribution in [0.3, 0.4) is 0 Å². The molecule has 1 fully saturated rings. The Morgan fingerprint density at radius 3 is 1.95 bits per heavy atom. The Morgan fingerprint density at radius 1 is 0.868 bits per heavy atom. The fourth-order valence-electron chi connectivity index (χ4n) is 5.33. The average Bonchev–Trinajstić information content (AvgIpc) is 3.24. The number of hydrogen-bond acceptors (Lipinski definition) is 4. The van der Waals surface area contributed by atoms with Gasteiger partial charge in [-0.3, -0.25) is 9.88 Å². The maximum atomic E-state index is 13.1. The number of alkyl halides is 6. The first-order valence-electron chi connectivity index (χ1n) is 12.2. The van der Waals surface area contributed by atoms with Crippen molar-refractivity contribution in [2.75, 3.05) is 13.1 Å². The second kappa shape index (κ2) is 9.27. The first-order chi connectivity index (χ1) is 17.8. The van der Waals surface area contributed by atoms with Crippen molar-refractivity contribution in [1.82, 2.24) is 9.88 Å². The molecule has 2 aliphatic heterocycles. The molecule has 1 aromatic heterocycles. The fraction of sp³-hybridized carbons (Fsp3) is 0.393. The lowest BCUT2D eigenvalue weighted by Crippen LogP contribution is -2.53. The van der Waals surface area contributed by atoms with Crippen LogP contribution in [0.15, 0.2) is 60.8 Å². The summed E-state index contributed by atoms with van der Waals surface area (Å²) in [6.07, 6.45) is -7.33. The first-order valence-corrected chi connectivity index (χ1v) is 12.2. The highest BCUT2D eigenvalue weighted by Crippen LogP contribution is 2.50. The number of halogens is 6. The van der Waals surface area contributed by atoms with Crippen LogP contribution in [0.25, 0.3) is 11.1 Å². The number of nitrogens with zero attached hydrogens (tertiary/aromatic N) is 2. The highest BCUT2D eigenvalue weighted by molar-refractivity contribution is 5.64. The summed E-state index contributed by atoms with van der Waals surface area (Å²) in [5.74, 6) is 0.908. The number of fused-ring (bicyclic) bond motifs is 1. The lowest BCUT2D eigenvalue weighted by molar-refractivity contribution is -0.376. The Hall–Kier alpha value is -3.11. The van der Waals surface area contributed by atoms with Gasteiger partial charge in [-0.05, 0) is 29.7 Å². The van der Waals surface area contributed by atoms with Gasteiger partial charge in [-0.2, -0.15) is 26.3 Å².